The molecule has 0 saturated heterocycles. The zero-order valence-electron chi connectivity index (χ0n) is 12.0. The molecule has 0 heterocycles. The molecule has 3 atom stereocenters. The van der Waals surface area contributed by atoms with Crippen molar-refractivity contribution in [3.8, 4) is 0 Å². The first-order valence-electron chi connectivity index (χ1n) is 7.01. The summed E-state index contributed by atoms with van der Waals surface area (Å²) >= 11 is 0. The highest BCUT2D eigenvalue weighted by molar-refractivity contribution is 5.81. The van der Waals surface area contributed by atoms with Crippen LogP contribution in [0.3, 0.4) is 0 Å². The van der Waals surface area contributed by atoms with Gasteiger partial charge in [-0.3, -0.25) is 9.59 Å². The van der Waals surface area contributed by atoms with E-state index in [0.29, 0.717) is 5.92 Å². The van der Waals surface area contributed by atoms with Gasteiger partial charge in [-0.15, -0.1) is 0 Å². The van der Waals surface area contributed by atoms with Gasteiger partial charge in [0.05, 0.1) is 5.92 Å². The standard InChI is InChI=1S/C8H12O2.C7H14O/c9-8(10)7-4-5-1-2-6(7)3-5;1-5-7(3,4)6(2)8/h5-7H,1-4H2,(H,9,10);5H2,1-4H3. The fourth-order valence-electron chi connectivity index (χ4n) is 2.80. The zero-order valence-corrected chi connectivity index (χ0v) is 12.0. The lowest BCUT2D eigenvalue weighted by molar-refractivity contribution is -0.143. The third-order valence-corrected chi connectivity index (χ3v) is 4.89. The van der Waals surface area contributed by atoms with E-state index in [0.717, 1.165) is 18.8 Å². The summed E-state index contributed by atoms with van der Waals surface area (Å²) in [4.78, 5) is 21.3. The van der Waals surface area contributed by atoms with Gasteiger partial charge in [0.1, 0.15) is 5.78 Å². The van der Waals surface area contributed by atoms with Gasteiger partial charge >= 0.3 is 5.97 Å². The summed E-state index contributed by atoms with van der Waals surface area (Å²) in [6.45, 7) is 7.61. The van der Waals surface area contributed by atoms with Gasteiger partial charge in [0.15, 0.2) is 0 Å². The monoisotopic (exact) mass is 254 g/mol. The molecule has 2 rings (SSSR count). The second-order valence-electron chi connectivity index (χ2n) is 6.41. The van der Waals surface area contributed by atoms with Crippen molar-refractivity contribution in [2.75, 3.05) is 0 Å². The van der Waals surface area contributed by atoms with Crippen molar-refractivity contribution in [1.29, 1.82) is 0 Å². The van der Waals surface area contributed by atoms with E-state index < -0.39 is 5.97 Å². The summed E-state index contributed by atoms with van der Waals surface area (Å²) in [6, 6.07) is 0. The van der Waals surface area contributed by atoms with Crippen molar-refractivity contribution in [3.05, 3.63) is 0 Å². The van der Waals surface area contributed by atoms with E-state index in [1.807, 2.05) is 20.8 Å². The first-order chi connectivity index (χ1) is 8.27. The SMILES string of the molecule is CCC(C)(C)C(C)=O.O=C(O)C1CC2CCC1C2. The Hall–Kier alpha value is -0.860. The van der Waals surface area contributed by atoms with Crippen molar-refractivity contribution in [3.63, 3.8) is 0 Å². The molecule has 1 N–H and O–H groups in total. The predicted molar refractivity (Wildman–Crippen MR) is 71.3 cm³/mol. The largest absolute Gasteiger partial charge is 0.481 e. The molecule has 2 aliphatic rings. The Morgan fingerprint density at radius 2 is 1.83 bits per heavy atom. The summed E-state index contributed by atoms with van der Waals surface area (Å²) in [6.07, 6.45) is 5.54. The van der Waals surface area contributed by atoms with Crippen LogP contribution in [0.1, 0.15) is 59.8 Å². The molecule has 0 spiro atoms. The van der Waals surface area contributed by atoms with Crippen LogP contribution < -0.4 is 0 Å². The molecule has 3 nitrogen and oxygen atoms in total. The summed E-state index contributed by atoms with van der Waals surface area (Å²) in [7, 11) is 0. The molecule has 2 aliphatic carbocycles. The van der Waals surface area contributed by atoms with Crippen LogP contribution in [0.5, 0.6) is 0 Å². The van der Waals surface area contributed by atoms with Crippen molar-refractivity contribution in [2.24, 2.45) is 23.2 Å². The number of carbonyl (C=O) groups excluding carboxylic acids is 1. The van der Waals surface area contributed by atoms with E-state index in [9.17, 15) is 9.59 Å². The van der Waals surface area contributed by atoms with Gasteiger partial charge in [-0.1, -0.05) is 27.2 Å². The quantitative estimate of drug-likeness (QED) is 0.838. The summed E-state index contributed by atoms with van der Waals surface area (Å²) in [5.41, 5.74) is -0.0972. The number of Topliss-reactive ketones (excluding diaryl/α,β-unsaturated/α-hetero) is 1. The number of fused-ring (bicyclic) bond motifs is 2. The minimum atomic E-state index is -0.563. The maximum absolute atomic E-state index is 10.7. The highest BCUT2D eigenvalue weighted by Crippen LogP contribution is 2.48. The predicted octanol–water partition coefficient (Wildman–Crippen LogP) is 3.52. The molecule has 3 unspecified atom stereocenters. The van der Waals surface area contributed by atoms with Crippen molar-refractivity contribution in [2.45, 2.75) is 59.8 Å². The molecule has 18 heavy (non-hydrogen) atoms. The van der Waals surface area contributed by atoms with Crippen LogP contribution in [-0.2, 0) is 9.59 Å². The third-order valence-electron chi connectivity index (χ3n) is 4.89. The lowest BCUT2D eigenvalue weighted by atomic mass is 9.86. The highest BCUT2D eigenvalue weighted by Gasteiger charge is 2.42. The summed E-state index contributed by atoms with van der Waals surface area (Å²) < 4.78 is 0. The summed E-state index contributed by atoms with van der Waals surface area (Å²) in [5, 5.41) is 8.74. The zero-order chi connectivity index (χ0) is 13.9. The second-order valence-corrected chi connectivity index (χ2v) is 6.41. The van der Waals surface area contributed by atoms with Gasteiger partial charge in [0.25, 0.3) is 0 Å². The van der Waals surface area contributed by atoms with E-state index in [4.69, 9.17) is 5.11 Å². The molecule has 0 amide bonds. The Bertz CT molecular complexity index is 320. The Balaban J connectivity index is 0.000000187. The Labute approximate surface area is 110 Å². The number of carboxylic acid groups (broad SMARTS) is 1. The molecule has 2 bridgehead atoms. The van der Waals surface area contributed by atoms with Crippen LogP contribution in [0.2, 0.25) is 0 Å². The molecule has 0 radical (unpaired) electrons. The number of ketones is 1. The Morgan fingerprint density at radius 3 is 2.00 bits per heavy atom. The molecular formula is C15H26O3. The molecule has 0 aromatic carbocycles. The Kier molecular flexibility index (Phi) is 4.94. The van der Waals surface area contributed by atoms with Gasteiger partial charge < -0.3 is 5.11 Å². The van der Waals surface area contributed by atoms with E-state index in [-0.39, 0.29) is 17.1 Å². The topological polar surface area (TPSA) is 54.4 Å². The molecule has 3 heteroatoms. The van der Waals surface area contributed by atoms with Crippen molar-refractivity contribution < 1.29 is 14.7 Å². The molecule has 2 saturated carbocycles. The number of hydrogen-bond acceptors (Lipinski definition) is 2. The van der Waals surface area contributed by atoms with Crippen LogP contribution in [0, 0.1) is 23.2 Å². The maximum atomic E-state index is 10.7. The molecule has 0 aromatic rings. The maximum Gasteiger partial charge on any atom is 0.306 e. The summed E-state index contributed by atoms with van der Waals surface area (Å²) in [5.74, 6) is 1.01. The molecule has 2 fully saturated rings. The number of carboxylic acids is 1. The minimum Gasteiger partial charge on any atom is -0.481 e. The van der Waals surface area contributed by atoms with E-state index in [1.54, 1.807) is 6.92 Å². The average Bonchev–Trinajstić information content (AvgIpc) is 2.91. The normalized spacial score (nSPS) is 29.7. The van der Waals surface area contributed by atoms with Gasteiger partial charge in [0.2, 0.25) is 0 Å². The van der Waals surface area contributed by atoms with Gasteiger partial charge in [-0.2, -0.15) is 0 Å². The van der Waals surface area contributed by atoms with Crippen LogP contribution >= 0.6 is 0 Å². The minimum absolute atomic E-state index is 0.0127. The number of rotatable bonds is 3. The van der Waals surface area contributed by atoms with Crippen LogP contribution in [0.4, 0.5) is 0 Å². The van der Waals surface area contributed by atoms with Crippen LogP contribution in [0.15, 0.2) is 0 Å². The van der Waals surface area contributed by atoms with E-state index in [2.05, 4.69) is 0 Å². The second kappa shape index (κ2) is 5.85. The van der Waals surface area contributed by atoms with Gasteiger partial charge in [-0.25, -0.2) is 0 Å². The smallest absolute Gasteiger partial charge is 0.306 e. The van der Waals surface area contributed by atoms with Crippen molar-refractivity contribution in [1.82, 2.24) is 0 Å². The lowest BCUT2D eigenvalue weighted by Crippen LogP contribution is -2.19. The van der Waals surface area contributed by atoms with Crippen LogP contribution in [0.25, 0.3) is 0 Å². The lowest BCUT2D eigenvalue weighted by Gasteiger charge is -2.17. The van der Waals surface area contributed by atoms with Crippen LogP contribution in [-0.4, -0.2) is 16.9 Å². The molecule has 0 aromatic heterocycles. The first-order valence-corrected chi connectivity index (χ1v) is 7.01. The van der Waals surface area contributed by atoms with Gasteiger partial charge in [-0.05, 0) is 44.4 Å². The highest BCUT2D eigenvalue weighted by atomic mass is 16.4. The fraction of sp³-hybridized carbons (Fsp3) is 0.867. The first kappa shape index (κ1) is 15.2. The van der Waals surface area contributed by atoms with Crippen molar-refractivity contribution >= 4 is 11.8 Å². The number of aliphatic carboxylic acids is 1. The Morgan fingerprint density at radius 1 is 1.22 bits per heavy atom. The van der Waals surface area contributed by atoms with Gasteiger partial charge in [0, 0.05) is 5.41 Å². The van der Waals surface area contributed by atoms with E-state index >= 15 is 0 Å². The number of hydrogen-bond donors (Lipinski definition) is 1. The third kappa shape index (κ3) is 3.56. The molecular weight excluding hydrogens is 228 g/mol. The average molecular weight is 254 g/mol. The number of carbonyl (C=O) groups is 2. The fourth-order valence-corrected chi connectivity index (χ4v) is 2.80. The molecule has 104 valence electrons. The molecule has 0 aliphatic heterocycles. The van der Waals surface area contributed by atoms with E-state index in [1.165, 1.54) is 19.3 Å².